The van der Waals surface area contributed by atoms with Crippen molar-refractivity contribution in [1.82, 2.24) is 10.6 Å². The minimum absolute atomic E-state index is 0.166. The second-order valence-corrected chi connectivity index (χ2v) is 4.30. The number of nitrogens with one attached hydrogen (secondary N) is 2. The van der Waals surface area contributed by atoms with Crippen LogP contribution in [0.4, 0.5) is 0 Å². The molecule has 1 aromatic heterocycles. The van der Waals surface area contributed by atoms with Crippen molar-refractivity contribution in [3.05, 3.63) is 23.7 Å². The summed E-state index contributed by atoms with van der Waals surface area (Å²) in [7, 11) is 0. The van der Waals surface area contributed by atoms with E-state index in [-0.39, 0.29) is 5.54 Å². The Bertz CT molecular complexity index is 326. The third-order valence-electron chi connectivity index (χ3n) is 3.46. The zero-order chi connectivity index (χ0) is 9.43. The van der Waals surface area contributed by atoms with Crippen LogP contribution in [-0.2, 0) is 12.0 Å². The van der Waals surface area contributed by atoms with Gasteiger partial charge in [0.2, 0.25) is 0 Å². The molecule has 0 aromatic carbocycles. The fraction of sp³-hybridized carbons (Fsp3) is 0.636. The van der Waals surface area contributed by atoms with Gasteiger partial charge < -0.3 is 15.1 Å². The largest absolute Gasteiger partial charge is 0.469 e. The molecule has 1 unspecified atom stereocenters. The molecule has 1 fully saturated rings. The fourth-order valence-electron chi connectivity index (χ4n) is 2.76. The predicted octanol–water partition coefficient (Wildman–Crippen LogP) is 1.00. The van der Waals surface area contributed by atoms with Crippen LogP contribution in [0, 0.1) is 0 Å². The second-order valence-electron chi connectivity index (χ2n) is 4.30. The molecule has 0 aliphatic carbocycles. The standard InChI is InChI=1S/C11H16N2O/c1-4-11(8-12-5-1)9-3-7-14-10(9)2-6-13-11/h3,7,12-13H,1-2,4-6,8H2. The number of hydrogen-bond donors (Lipinski definition) is 2. The maximum atomic E-state index is 5.52. The highest BCUT2D eigenvalue weighted by Gasteiger charge is 2.38. The maximum absolute atomic E-state index is 5.52. The molecule has 2 N–H and O–H groups in total. The van der Waals surface area contributed by atoms with Crippen LogP contribution in [0.3, 0.4) is 0 Å². The van der Waals surface area contributed by atoms with Gasteiger partial charge in [-0.25, -0.2) is 0 Å². The van der Waals surface area contributed by atoms with E-state index in [0.29, 0.717) is 0 Å². The zero-order valence-electron chi connectivity index (χ0n) is 8.31. The Morgan fingerprint density at radius 2 is 2.36 bits per heavy atom. The molecule has 2 aliphatic rings. The van der Waals surface area contributed by atoms with Crippen LogP contribution in [0.5, 0.6) is 0 Å². The van der Waals surface area contributed by atoms with Crippen LogP contribution in [0.25, 0.3) is 0 Å². The molecule has 0 radical (unpaired) electrons. The van der Waals surface area contributed by atoms with E-state index in [2.05, 4.69) is 16.7 Å². The van der Waals surface area contributed by atoms with Gasteiger partial charge in [0, 0.05) is 25.1 Å². The van der Waals surface area contributed by atoms with Crippen LogP contribution in [-0.4, -0.2) is 19.6 Å². The molecule has 14 heavy (non-hydrogen) atoms. The first kappa shape index (κ1) is 8.50. The van der Waals surface area contributed by atoms with Gasteiger partial charge in [-0.1, -0.05) is 0 Å². The van der Waals surface area contributed by atoms with E-state index in [9.17, 15) is 0 Å². The summed E-state index contributed by atoms with van der Waals surface area (Å²) in [5.74, 6) is 1.19. The topological polar surface area (TPSA) is 37.2 Å². The Kier molecular flexibility index (Phi) is 1.89. The Morgan fingerprint density at radius 3 is 3.21 bits per heavy atom. The van der Waals surface area contributed by atoms with Crippen molar-refractivity contribution in [3.8, 4) is 0 Å². The fourth-order valence-corrected chi connectivity index (χ4v) is 2.76. The summed E-state index contributed by atoms with van der Waals surface area (Å²) in [6, 6.07) is 2.13. The molecule has 76 valence electrons. The summed E-state index contributed by atoms with van der Waals surface area (Å²) in [5, 5.41) is 7.13. The Morgan fingerprint density at radius 1 is 1.36 bits per heavy atom. The molecule has 3 heteroatoms. The smallest absolute Gasteiger partial charge is 0.110 e. The average Bonchev–Trinajstić information content (AvgIpc) is 2.69. The molecule has 0 bridgehead atoms. The molecule has 3 rings (SSSR count). The van der Waals surface area contributed by atoms with Gasteiger partial charge in [-0.2, -0.15) is 0 Å². The first-order valence-corrected chi connectivity index (χ1v) is 5.43. The summed E-state index contributed by atoms with van der Waals surface area (Å²) in [4.78, 5) is 0. The van der Waals surface area contributed by atoms with Crippen LogP contribution in [0.1, 0.15) is 24.2 Å². The molecule has 0 saturated carbocycles. The van der Waals surface area contributed by atoms with Crippen LogP contribution in [0.15, 0.2) is 16.7 Å². The zero-order valence-corrected chi connectivity index (χ0v) is 8.31. The van der Waals surface area contributed by atoms with E-state index >= 15 is 0 Å². The van der Waals surface area contributed by atoms with Gasteiger partial charge in [-0.15, -0.1) is 0 Å². The third kappa shape index (κ3) is 1.12. The average molecular weight is 192 g/mol. The molecule has 1 aromatic rings. The van der Waals surface area contributed by atoms with E-state index in [4.69, 9.17) is 4.42 Å². The summed E-state index contributed by atoms with van der Waals surface area (Å²) in [5.41, 5.74) is 1.55. The Hall–Kier alpha value is -0.800. The first-order valence-electron chi connectivity index (χ1n) is 5.43. The van der Waals surface area contributed by atoms with E-state index in [1.165, 1.54) is 24.2 Å². The molecule has 2 aliphatic heterocycles. The number of hydrogen-bond acceptors (Lipinski definition) is 3. The molecule has 1 spiro atoms. The van der Waals surface area contributed by atoms with Crippen molar-refractivity contribution < 1.29 is 4.42 Å². The van der Waals surface area contributed by atoms with Crippen LogP contribution < -0.4 is 10.6 Å². The Labute approximate surface area is 83.9 Å². The van der Waals surface area contributed by atoms with Crippen molar-refractivity contribution in [2.75, 3.05) is 19.6 Å². The third-order valence-corrected chi connectivity index (χ3v) is 3.46. The van der Waals surface area contributed by atoms with Gasteiger partial charge in [-0.3, -0.25) is 0 Å². The van der Waals surface area contributed by atoms with E-state index < -0.39 is 0 Å². The summed E-state index contributed by atoms with van der Waals surface area (Å²) in [6.07, 6.45) is 5.34. The van der Waals surface area contributed by atoms with Crippen molar-refractivity contribution >= 4 is 0 Å². The first-order chi connectivity index (χ1) is 6.91. The van der Waals surface area contributed by atoms with Crippen molar-refractivity contribution in [3.63, 3.8) is 0 Å². The number of furan rings is 1. The molecule has 3 heterocycles. The van der Waals surface area contributed by atoms with Gasteiger partial charge >= 0.3 is 0 Å². The highest BCUT2D eigenvalue weighted by molar-refractivity contribution is 5.31. The van der Waals surface area contributed by atoms with Gasteiger partial charge in [0.15, 0.2) is 0 Å². The quantitative estimate of drug-likeness (QED) is 0.644. The lowest BCUT2D eigenvalue weighted by molar-refractivity contribution is 0.232. The normalized spacial score (nSPS) is 31.7. The van der Waals surface area contributed by atoms with E-state index in [0.717, 1.165) is 26.1 Å². The van der Waals surface area contributed by atoms with Gasteiger partial charge in [0.25, 0.3) is 0 Å². The summed E-state index contributed by atoms with van der Waals surface area (Å²) in [6.45, 7) is 3.23. The summed E-state index contributed by atoms with van der Waals surface area (Å²) < 4.78 is 5.52. The second kappa shape index (κ2) is 3.11. The van der Waals surface area contributed by atoms with Crippen molar-refractivity contribution in [2.24, 2.45) is 0 Å². The lowest BCUT2D eigenvalue weighted by Gasteiger charge is -2.41. The molecule has 1 saturated heterocycles. The van der Waals surface area contributed by atoms with Gasteiger partial charge in [-0.05, 0) is 25.5 Å². The highest BCUT2D eigenvalue weighted by atomic mass is 16.3. The van der Waals surface area contributed by atoms with Crippen LogP contribution in [0.2, 0.25) is 0 Å². The van der Waals surface area contributed by atoms with Crippen LogP contribution >= 0.6 is 0 Å². The monoisotopic (exact) mass is 192 g/mol. The Balaban J connectivity index is 2.01. The van der Waals surface area contributed by atoms with Gasteiger partial charge in [0.05, 0.1) is 11.8 Å². The van der Waals surface area contributed by atoms with Gasteiger partial charge in [0.1, 0.15) is 5.76 Å². The summed E-state index contributed by atoms with van der Waals surface area (Å²) >= 11 is 0. The predicted molar refractivity (Wildman–Crippen MR) is 54.2 cm³/mol. The minimum Gasteiger partial charge on any atom is -0.469 e. The number of rotatable bonds is 0. The molecule has 0 amide bonds. The lowest BCUT2D eigenvalue weighted by atomic mass is 9.80. The lowest BCUT2D eigenvalue weighted by Crippen LogP contribution is -2.55. The molecule has 3 nitrogen and oxygen atoms in total. The van der Waals surface area contributed by atoms with E-state index in [1.54, 1.807) is 0 Å². The molecular formula is C11H16N2O. The van der Waals surface area contributed by atoms with Crippen molar-refractivity contribution in [1.29, 1.82) is 0 Å². The number of piperidine rings is 1. The molecular weight excluding hydrogens is 176 g/mol. The highest BCUT2D eigenvalue weighted by Crippen LogP contribution is 2.34. The van der Waals surface area contributed by atoms with E-state index in [1.807, 2.05) is 6.26 Å². The number of fused-ring (bicyclic) bond motifs is 2. The van der Waals surface area contributed by atoms with Crippen molar-refractivity contribution in [2.45, 2.75) is 24.8 Å². The molecule has 1 atom stereocenters. The minimum atomic E-state index is 0.166. The maximum Gasteiger partial charge on any atom is 0.110 e. The SMILES string of the molecule is c1cc2c(o1)CCNC21CCCNC1.